The second kappa shape index (κ2) is 36.4. The van der Waals surface area contributed by atoms with E-state index in [9.17, 15) is 0 Å². The van der Waals surface area contributed by atoms with Gasteiger partial charge in [-0.05, 0) is 13.1 Å². The predicted molar refractivity (Wildman–Crippen MR) is 82.5 cm³/mol. The molecule has 0 atom stereocenters. The molecule has 0 saturated carbocycles. The summed E-state index contributed by atoms with van der Waals surface area (Å²) in [7, 11) is 0. The Hall–Kier alpha value is -2.20. The minimum Gasteiger partial charge on any atom is -0.481 e. The van der Waals surface area contributed by atoms with Gasteiger partial charge in [-0.15, -0.1) is 0 Å². The van der Waals surface area contributed by atoms with E-state index >= 15 is 0 Å². The average Bonchev–Trinajstić information content (AvgIpc) is 2.14. The lowest BCUT2D eigenvalue weighted by molar-refractivity contribution is -0.135. The fraction of sp³-hybridized carbons (Fsp3) is 0.667. The summed E-state index contributed by atoms with van der Waals surface area (Å²) in [5.41, 5.74) is 0. The quantitative estimate of drug-likeness (QED) is 0.427. The molecule has 0 aliphatic heterocycles. The van der Waals surface area contributed by atoms with Crippen LogP contribution in [-0.2, 0) is 19.2 Å². The number of aliphatic carboxylic acids is 4. The van der Waals surface area contributed by atoms with Gasteiger partial charge in [0.25, 0.3) is 23.9 Å². The van der Waals surface area contributed by atoms with Gasteiger partial charge < -0.3 is 31.9 Å². The summed E-state index contributed by atoms with van der Waals surface area (Å²) >= 11 is 0. The highest BCUT2D eigenvalue weighted by molar-refractivity contribution is 5.63. The van der Waals surface area contributed by atoms with E-state index in [-0.39, 0.29) is 6.15 Å². The van der Waals surface area contributed by atoms with Crippen molar-refractivity contribution >= 4 is 23.9 Å². The van der Waals surface area contributed by atoms with E-state index in [1.54, 1.807) is 0 Å². The molecule has 0 amide bonds. The Bertz CT molecular complexity index is 204. The van der Waals surface area contributed by atoms with Gasteiger partial charge in [-0.1, -0.05) is 13.8 Å². The molecule has 0 aromatic rings. The van der Waals surface area contributed by atoms with Crippen LogP contribution in [0.5, 0.6) is 0 Å². The van der Waals surface area contributed by atoms with Crippen LogP contribution in [0.1, 0.15) is 41.5 Å². The van der Waals surface area contributed by atoms with Crippen LogP contribution in [0.3, 0.4) is 0 Å². The smallest absolute Gasteiger partial charge is 0.300 e. The molecule has 8 N–H and O–H groups in total. The number of hydrogen-bond acceptors (Lipinski definition) is 6. The Morgan fingerprint density at radius 1 is 0.636 bits per heavy atom. The predicted octanol–water partition coefficient (Wildman–Crippen LogP) is 1.14. The fourth-order valence-corrected chi connectivity index (χ4v) is 0.250. The first kappa shape index (κ1) is 36.7. The molecule has 0 heterocycles. The molecule has 0 unspecified atom stereocenters. The first-order valence-electron chi connectivity index (χ1n) is 5.83. The second-order valence-corrected chi connectivity index (χ2v) is 3.03. The van der Waals surface area contributed by atoms with E-state index in [0.29, 0.717) is 0 Å². The Balaban J connectivity index is -0.0000000361. The molecule has 0 saturated heterocycles. The zero-order valence-corrected chi connectivity index (χ0v) is 14.0. The lowest BCUT2D eigenvalue weighted by atomic mass is 10.7. The Kier molecular flexibility index (Phi) is 60.7. The lowest BCUT2D eigenvalue weighted by Crippen LogP contribution is -2.09. The van der Waals surface area contributed by atoms with Crippen LogP contribution in [0, 0.1) is 0 Å². The largest absolute Gasteiger partial charge is 0.481 e. The molecule has 0 rings (SSSR count). The molecule has 10 heteroatoms. The molecule has 0 bridgehead atoms. The van der Waals surface area contributed by atoms with Crippen molar-refractivity contribution in [2.75, 3.05) is 13.1 Å². The summed E-state index contributed by atoms with van der Waals surface area (Å²) in [6.45, 7) is 10.7. The van der Waals surface area contributed by atoms with Gasteiger partial charge >= 0.3 is 0 Å². The van der Waals surface area contributed by atoms with Gasteiger partial charge in [0, 0.05) is 27.7 Å². The van der Waals surface area contributed by atoms with Crippen LogP contribution in [0.4, 0.5) is 0 Å². The summed E-state index contributed by atoms with van der Waals surface area (Å²) < 4.78 is 0. The molecule has 0 aliphatic rings. The van der Waals surface area contributed by atoms with Crippen LogP contribution < -0.4 is 11.5 Å². The van der Waals surface area contributed by atoms with E-state index in [1.165, 1.54) is 0 Å². The van der Waals surface area contributed by atoms with Crippen molar-refractivity contribution in [3.8, 4) is 0 Å². The van der Waals surface area contributed by atoms with Crippen molar-refractivity contribution < 1.29 is 39.6 Å². The van der Waals surface area contributed by atoms with Crippen LogP contribution in [-0.4, -0.2) is 57.4 Å². The molecule has 10 nitrogen and oxygen atoms in total. The van der Waals surface area contributed by atoms with Crippen LogP contribution in [0.2, 0.25) is 0 Å². The maximum absolute atomic E-state index is 9.00. The van der Waals surface area contributed by atoms with Gasteiger partial charge in [-0.25, -0.2) is 0 Å². The Morgan fingerprint density at radius 2 is 0.727 bits per heavy atom. The summed E-state index contributed by atoms with van der Waals surface area (Å²) in [6, 6.07) is 0. The van der Waals surface area contributed by atoms with E-state index in [1.807, 2.05) is 0 Å². The minimum atomic E-state index is -0.833. The number of carboxylic acids is 4. The molecule has 0 spiro atoms. The zero-order valence-electron chi connectivity index (χ0n) is 14.0. The van der Waals surface area contributed by atoms with Crippen LogP contribution in [0.25, 0.3) is 0 Å². The molecule has 0 fully saturated rings. The molecule has 0 aromatic heterocycles. The number of carbonyl (C=O) groups is 4. The molecular formula is C12H30N2O8. The molecule has 0 radical (unpaired) electrons. The summed E-state index contributed by atoms with van der Waals surface area (Å²) in [5, 5.41) is 32.8. The number of hydrogen-bond donors (Lipinski definition) is 6. The lowest BCUT2D eigenvalue weighted by Gasteiger charge is -1.86. The molecule has 0 aromatic carbocycles. The van der Waals surface area contributed by atoms with E-state index in [2.05, 4.69) is 19.2 Å². The SMILES string of the molecule is CC(=O)O.CC(=O)O.CC(=O)O.CC(=O)O.CCNCC.N. The highest BCUT2D eigenvalue weighted by Crippen LogP contribution is 1.47. The van der Waals surface area contributed by atoms with Crippen molar-refractivity contribution in [2.45, 2.75) is 41.5 Å². The number of carboxylic acid groups (broad SMARTS) is 4. The number of nitrogens with one attached hydrogen (secondary N) is 1. The van der Waals surface area contributed by atoms with E-state index in [4.69, 9.17) is 39.6 Å². The van der Waals surface area contributed by atoms with Gasteiger partial charge in [0.1, 0.15) is 0 Å². The van der Waals surface area contributed by atoms with Gasteiger partial charge in [0.2, 0.25) is 0 Å². The second-order valence-electron chi connectivity index (χ2n) is 3.03. The van der Waals surface area contributed by atoms with Crippen molar-refractivity contribution in [1.29, 1.82) is 0 Å². The summed E-state index contributed by atoms with van der Waals surface area (Å²) in [4.78, 5) is 36.0. The van der Waals surface area contributed by atoms with Gasteiger partial charge in [0.05, 0.1) is 0 Å². The molecule has 136 valence electrons. The third-order valence-electron chi connectivity index (χ3n) is 0.500. The third-order valence-corrected chi connectivity index (χ3v) is 0.500. The highest BCUT2D eigenvalue weighted by Gasteiger charge is 1.66. The standard InChI is InChI=1S/C4H11N.4C2H4O2.H3N/c1-3-5-4-2;4*1-2(3)4;/h5H,3-4H2,1-2H3;4*1H3,(H,3,4);1H3. The third kappa shape index (κ3) is 126000. The molecular weight excluding hydrogens is 300 g/mol. The van der Waals surface area contributed by atoms with Crippen LogP contribution in [0.15, 0.2) is 0 Å². The molecule has 22 heavy (non-hydrogen) atoms. The van der Waals surface area contributed by atoms with Gasteiger partial charge in [-0.2, -0.15) is 0 Å². The highest BCUT2D eigenvalue weighted by atomic mass is 16.4. The monoisotopic (exact) mass is 330 g/mol. The van der Waals surface area contributed by atoms with E-state index in [0.717, 1.165) is 40.8 Å². The summed E-state index contributed by atoms with van der Waals surface area (Å²) in [6.07, 6.45) is 0. The fourth-order valence-electron chi connectivity index (χ4n) is 0.250. The zero-order chi connectivity index (χ0) is 18.4. The van der Waals surface area contributed by atoms with Crippen LogP contribution >= 0.6 is 0 Å². The normalized spacial score (nSPS) is 6.45. The molecule has 0 aliphatic carbocycles. The maximum Gasteiger partial charge on any atom is 0.300 e. The summed E-state index contributed by atoms with van der Waals surface area (Å²) in [5.74, 6) is -3.33. The van der Waals surface area contributed by atoms with E-state index < -0.39 is 23.9 Å². The number of rotatable bonds is 2. The van der Waals surface area contributed by atoms with Crippen molar-refractivity contribution in [2.24, 2.45) is 0 Å². The van der Waals surface area contributed by atoms with Crippen molar-refractivity contribution in [3.63, 3.8) is 0 Å². The van der Waals surface area contributed by atoms with Gasteiger partial charge in [-0.3, -0.25) is 19.2 Å². The first-order valence-corrected chi connectivity index (χ1v) is 5.83. The Labute approximate surface area is 130 Å². The maximum atomic E-state index is 9.00. The first-order chi connectivity index (χ1) is 9.34. The van der Waals surface area contributed by atoms with Gasteiger partial charge in [0.15, 0.2) is 0 Å². The minimum absolute atomic E-state index is 0. The van der Waals surface area contributed by atoms with Crippen molar-refractivity contribution in [1.82, 2.24) is 11.5 Å². The van der Waals surface area contributed by atoms with Crippen molar-refractivity contribution in [3.05, 3.63) is 0 Å². The topological polar surface area (TPSA) is 196 Å². The average molecular weight is 330 g/mol. The Morgan fingerprint density at radius 3 is 0.727 bits per heavy atom.